The average Bonchev–Trinajstić information content (AvgIpc) is 3.18. The molecule has 4 amide bonds. The molecule has 5 N–H and O–H groups in total. The van der Waals surface area contributed by atoms with Gasteiger partial charge in [0.25, 0.3) is 0 Å². The highest BCUT2D eigenvalue weighted by atomic mass is 127. The van der Waals surface area contributed by atoms with Crippen molar-refractivity contribution in [2.45, 2.75) is 51.4 Å². The van der Waals surface area contributed by atoms with E-state index in [1.54, 1.807) is 0 Å². The second kappa shape index (κ2) is 36.3. The summed E-state index contributed by atoms with van der Waals surface area (Å²) in [4.78, 5) is 110. The number of rotatable bonds is 39. The summed E-state index contributed by atoms with van der Waals surface area (Å²) in [5.41, 5.74) is 0. The fourth-order valence-electron chi connectivity index (χ4n) is 5.01. The molecule has 0 saturated heterocycles. The molecular formula is C36H58I2N4O15S. The monoisotopic (exact) mass is 1070 g/mol. The fraction of sp³-hybridized carbons (Fsp3) is 0.750. The third-order valence-electron chi connectivity index (χ3n) is 7.93. The molecule has 19 nitrogen and oxygen atoms in total. The fourth-order valence-corrected chi connectivity index (χ4v) is 6.02. The zero-order valence-corrected chi connectivity index (χ0v) is 38.1. The topological polar surface area (TPSA) is 270 Å². The molecule has 0 heterocycles. The number of Topliss-reactive ketones (excluding diaryl/α,β-unsaturated/α-hetero) is 3. The van der Waals surface area contributed by atoms with Crippen LogP contribution in [0, 0.1) is 11.8 Å². The molecule has 22 heteroatoms. The first-order valence-corrected chi connectivity index (χ1v) is 23.2. The second-order valence-corrected chi connectivity index (χ2v) is 15.1. The van der Waals surface area contributed by atoms with Crippen molar-refractivity contribution in [2.75, 3.05) is 106 Å². The summed E-state index contributed by atoms with van der Waals surface area (Å²) >= 11 is 5.27. The Labute approximate surface area is 370 Å². The molecule has 2 atom stereocenters. The van der Waals surface area contributed by atoms with Gasteiger partial charge in [-0.3, -0.25) is 43.2 Å². The maximum absolute atomic E-state index is 13.5. The van der Waals surface area contributed by atoms with E-state index in [-0.39, 0.29) is 146 Å². The maximum Gasteiger partial charge on any atom is 0.306 e. The van der Waals surface area contributed by atoms with Gasteiger partial charge in [0.15, 0.2) is 11.6 Å². The third kappa shape index (κ3) is 31.4. The number of carbonyl (C=O) groups is 9. The Kier molecular flexibility index (Phi) is 34.8. The van der Waals surface area contributed by atoms with Gasteiger partial charge in [-0.25, -0.2) is 0 Å². The lowest BCUT2D eigenvalue weighted by Crippen LogP contribution is -2.43. The van der Waals surface area contributed by atoms with Gasteiger partial charge < -0.3 is 50.0 Å². The standard InChI is InChI=1S/C36H58I2N4O15S/c1-58-25-33(48)41-10-14-55-16-18-57-24-30(45)20-27(36(52)53)4-6-31(46)40-9-13-54-15-17-56-23-29(44)19-26(5-7-34(49)50)35(51)42(11-2-3-28(43)21-37)12-8-39-32(47)22-38/h26-27H,2-25H2,1H3,(H,39,47)(H,40,46)(H,41,48)(H,49,50)(H,52,53)/t26-,27?/m0/s1. The van der Waals surface area contributed by atoms with Gasteiger partial charge in [-0.2, -0.15) is 11.8 Å². The lowest BCUT2D eigenvalue weighted by molar-refractivity contribution is -0.145. The first-order valence-electron chi connectivity index (χ1n) is 18.7. The third-order valence-corrected chi connectivity index (χ3v) is 10.0. The highest BCUT2D eigenvalue weighted by molar-refractivity contribution is 14.1. The van der Waals surface area contributed by atoms with Crippen LogP contribution in [0.3, 0.4) is 0 Å². The molecule has 58 heavy (non-hydrogen) atoms. The Morgan fingerprint density at radius 1 is 0.603 bits per heavy atom. The lowest BCUT2D eigenvalue weighted by Gasteiger charge is -2.27. The Hall–Kier alpha value is -2.52. The summed E-state index contributed by atoms with van der Waals surface area (Å²) < 4.78 is 21.9. The summed E-state index contributed by atoms with van der Waals surface area (Å²) in [6.07, 6.45) is 1.30. The molecule has 0 aromatic carbocycles. The first kappa shape index (κ1) is 55.5. The van der Waals surface area contributed by atoms with E-state index in [1.165, 1.54) is 16.7 Å². The van der Waals surface area contributed by atoms with E-state index >= 15 is 0 Å². The Bertz CT molecular complexity index is 1280. The Morgan fingerprint density at radius 3 is 1.67 bits per heavy atom. The normalized spacial score (nSPS) is 11.9. The van der Waals surface area contributed by atoms with Crippen LogP contribution in [0.4, 0.5) is 0 Å². The molecule has 0 bridgehead atoms. The van der Waals surface area contributed by atoms with E-state index < -0.39 is 47.2 Å². The minimum Gasteiger partial charge on any atom is -0.481 e. The molecular weight excluding hydrogens is 1010 g/mol. The molecule has 0 aromatic rings. The number of thioether (sulfide) groups is 1. The van der Waals surface area contributed by atoms with E-state index in [4.69, 9.17) is 18.9 Å². The predicted octanol–water partition coefficient (Wildman–Crippen LogP) is 0.693. The van der Waals surface area contributed by atoms with Crippen LogP contribution in [0.2, 0.25) is 0 Å². The minimum atomic E-state index is -1.20. The summed E-state index contributed by atoms with van der Waals surface area (Å²) in [6, 6.07) is 0. The van der Waals surface area contributed by atoms with Crippen molar-refractivity contribution in [3.8, 4) is 0 Å². The van der Waals surface area contributed by atoms with E-state index in [9.17, 15) is 53.4 Å². The molecule has 0 rings (SSSR count). The van der Waals surface area contributed by atoms with Crippen LogP contribution in [0.5, 0.6) is 0 Å². The van der Waals surface area contributed by atoms with E-state index in [1.807, 2.05) is 51.4 Å². The minimum absolute atomic E-state index is 0.0179. The van der Waals surface area contributed by atoms with Gasteiger partial charge in [0.05, 0.1) is 60.2 Å². The number of nitrogens with zero attached hydrogens (tertiary/aromatic N) is 1. The van der Waals surface area contributed by atoms with Crippen LogP contribution >= 0.6 is 56.9 Å². The average molecular weight is 1070 g/mol. The van der Waals surface area contributed by atoms with Crippen LogP contribution in [-0.2, 0) is 62.1 Å². The maximum atomic E-state index is 13.5. The van der Waals surface area contributed by atoms with Crippen LogP contribution < -0.4 is 16.0 Å². The van der Waals surface area contributed by atoms with Gasteiger partial charge in [0.1, 0.15) is 19.0 Å². The van der Waals surface area contributed by atoms with Crippen LogP contribution in [0.15, 0.2) is 0 Å². The van der Waals surface area contributed by atoms with Crippen LogP contribution in [0.1, 0.15) is 51.4 Å². The van der Waals surface area contributed by atoms with Gasteiger partial charge in [-0.1, -0.05) is 45.2 Å². The number of ether oxygens (including phenoxy) is 4. The smallest absolute Gasteiger partial charge is 0.306 e. The zero-order chi connectivity index (χ0) is 43.6. The number of amides is 4. The van der Waals surface area contributed by atoms with Crippen molar-refractivity contribution in [1.82, 2.24) is 20.9 Å². The lowest BCUT2D eigenvalue weighted by atomic mass is 9.95. The number of carboxylic acids is 2. The highest BCUT2D eigenvalue weighted by Gasteiger charge is 2.27. The van der Waals surface area contributed by atoms with E-state index in [0.29, 0.717) is 23.1 Å². The quantitative estimate of drug-likeness (QED) is 0.0322. The molecule has 0 fully saturated rings. The number of nitrogens with one attached hydrogen (secondary N) is 3. The van der Waals surface area contributed by atoms with E-state index in [0.717, 1.165) is 0 Å². The van der Waals surface area contributed by atoms with Crippen molar-refractivity contribution >= 4 is 110 Å². The highest BCUT2D eigenvalue weighted by Crippen LogP contribution is 2.17. The number of alkyl halides is 2. The second-order valence-electron chi connectivity index (χ2n) is 12.7. The summed E-state index contributed by atoms with van der Waals surface area (Å²) in [7, 11) is 0. The Balaban J connectivity index is 4.50. The summed E-state index contributed by atoms with van der Waals surface area (Å²) in [5.74, 6) is -5.96. The number of ketones is 3. The molecule has 0 aromatic heterocycles. The summed E-state index contributed by atoms with van der Waals surface area (Å²) in [6.45, 7) is 1.11. The van der Waals surface area contributed by atoms with Crippen molar-refractivity contribution in [2.24, 2.45) is 11.8 Å². The molecule has 0 aliphatic carbocycles. The number of aliphatic carboxylic acids is 2. The first-order chi connectivity index (χ1) is 27.7. The number of carboxylic acid groups (broad SMARTS) is 2. The number of carbonyl (C=O) groups excluding carboxylic acids is 7. The molecule has 0 saturated carbocycles. The van der Waals surface area contributed by atoms with Gasteiger partial charge in [0.2, 0.25) is 23.6 Å². The number of halogens is 2. The van der Waals surface area contributed by atoms with Crippen molar-refractivity contribution < 1.29 is 72.3 Å². The largest absolute Gasteiger partial charge is 0.481 e. The number of hydrogen-bond donors (Lipinski definition) is 5. The molecule has 0 aliphatic rings. The molecule has 0 spiro atoms. The molecule has 1 unspecified atom stereocenters. The van der Waals surface area contributed by atoms with Crippen molar-refractivity contribution in [1.29, 1.82) is 0 Å². The zero-order valence-electron chi connectivity index (χ0n) is 32.9. The van der Waals surface area contributed by atoms with Crippen LogP contribution in [0.25, 0.3) is 0 Å². The molecule has 0 aliphatic heterocycles. The SMILES string of the molecule is CSCC(=O)NCCOCCOCC(=O)CC(CCC(=O)NCCOCCOCC(=O)C[C@H](CCC(=O)O)C(=O)N(CCCC(=O)CI)CCNC(=O)CI)C(=O)O. The van der Waals surface area contributed by atoms with Crippen molar-refractivity contribution in [3.05, 3.63) is 0 Å². The summed E-state index contributed by atoms with van der Waals surface area (Å²) in [5, 5.41) is 26.7. The molecule has 0 radical (unpaired) electrons. The van der Waals surface area contributed by atoms with Gasteiger partial charge in [-0.05, 0) is 25.5 Å². The van der Waals surface area contributed by atoms with Crippen LogP contribution in [-0.4, -0.2) is 174 Å². The van der Waals surface area contributed by atoms with Gasteiger partial charge in [0, 0.05) is 70.7 Å². The molecule has 332 valence electrons. The van der Waals surface area contributed by atoms with Crippen molar-refractivity contribution in [3.63, 3.8) is 0 Å². The van der Waals surface area contributed by atoms with Gasteiger partial charge >= 0.3 is 11.9 Å². The van der Waals surface area contributed by atoms with E-state index in [2.05, 4.69) is 16.0 Å². The number of hydrogen-bond acceptors (Lipinski definition) is 14. The van der Waals surface area contributed by atoms with Gasteiger partial charge in [-0.15, -0.1) is 0 Å². The Morgan fingerprint density at radius 2 is 1.14 bits per heavy atom. The predicted molar refractivity (Wildman–Crippen MR) is 229 cm³/mol.